The van der Waals surface area contributed by atoms with E-state index in [-0.39, 0.29) is 18.4 Å². The Bertz CT molecular complexity index is 1310. The van der Waals surface area contributed by atoms with Gasteiger partial charge in [0.05, 0.1) is 5.39 Å². The molecule has 0 spiro atoms. The first-order valence-electron chi connectivity index (χ1n) is 9.65. The molecular weight excluding hydrogens is 448 g/mol. The largest absolute Gasteiger partial charge is 0.383 e. The van der Waals surface area contributed by atoms with Gasteiger partial charge in [-0.2, -0.15) is 0 Å². The zero-order valence-electron chi connectivity index (χ0n) is 16.8. The second-order valence-corrected chi connectivity index (χ2v) is 8.49. The van der Waals surface area contributed by atoms with Crippen LogP contribution in [0.3, 0.4) is 0 Å². The monoisotopic (exact) mass is 466 g/mol. The van der Waals surface area contributed by atoms with Gasteiger partial charge >= 0.3 is 6.03 Å². The zero-order valence-corrected chi connectivity index (χ0v) is 18.3. The fourth-order valence-corrected chi connectivity index (χ4v) is 4.66. The number of nitrogens with two attached hydrogens (primary N) is 2. The third-order valence-electron chi connectivity index (χ3n) is 4.70. The first-order chi connectivity index (χ1) is 15.4. The van der Waals surface area contributed by atoms with Crippen LogP contribution in [0.4, 0.5) is 22.0 Å². The highest BCUT2D eigenvalue weighted by Gasteiger charge is 2.18. The summed E-state index contributed by atoms with van der Waals surface area (Å²) in [6.45, 7) is 0. The topological polar surface area (TPSA) is 136 Å². The molecule has 2 aromatic carbocycles. The Labute approximate surface area is 192 Å². The lowest BCUT2D eigenvalue weighted by atomic mass is 10.0. The number of aryl methyl sites for hydroxylation is 1. The van der Waals surface area contributed by atoms with E-state index >= 15 is 0 Å². The molecule has 0 aliphatic heterocycles. The molecule has 0 unspecified atom stereocenters. The molecule has 0 aliphatic carbocycles. The molecule has 0 bridgehead atoms. The molecule has 4 rings (SSSR count). The van der Waals surface area contributed by atoms with Gasteiger partial charge in [-0.15, -0.1) is 11.3 Å². The van der Waals surface area contributed by atoms with E-state index in [4.69, 9.17) is 23.1 Å². The maximum absolute atomic E-state index is 12.3. The smallest absolute Gasteiger partial charge is 0.323 e. The van der Waals surface area contributed by atoms with E-state index in [9.17, 15) is 9.59 Å². The van der Waals surface area contributed by atoms with E-state index in [1.54, 1.807) is 36.4 Å². The molecule has 162 valence electrons. The molecule has 10 heteroatoms. The van der Waals surface area contributed by atoms with Gasteiger partial charge < -0.3 is 22.1 Å². The van der Waals surface area contributed by atoms with Crippen molar-refractivity contribution in [3.63, 3.8) is 0 Å². The lowest BCUT2D eigenvalue weighted by molar-refractivity contribution is -0.117. The molecule has 3 amide bonds. The van der Waals surface area contributed by atoms with Crippen molar-refractivity contribution in [2.75, 3.05) is 16.4 Å². The van der Waals surface area contributed by atoms with Crippen molar-refractivity contribution in [3.8, 4) is 11.1 Å². The third-order valence-corrected chi connectivity index (χ3v) is 6.10. The van der Waals surface area contributed by atoms with Gasteiger partial charge in [0, 0.05) is 33.3 Å². The quantitative estimate of drug-likeness (QED) is 0.327. The lowest BCUT2D eigenvalue weighted by Crippen LogP contribution is -2.19. The van der Waals surface area contributed by atoms with Crippen LogP contribution in [0.1, 0.15) is 11.3 Å². The van der Waals surface area contributed by atoms with Crippen molar-refractivity contribution in [2.24, 2.45) is 5.73 Å². The number of nitrogens with one attached hydrogen (secondary N) is 2. The van der Waals surface area contributed by atoms with Gasteiger partial charge in [0.1, 0.15) is 17.0 Å². The number of carbonyl (C=O) groups is 2. The first-order valence-corrected chi connectivity index (χ1v) is 10.8. The van der Waals surface area contributed by atoms with Crippen molar-refractivity contribution in [1.82, 2.24) is 9.97 Å². The number of anilines is 3. The van der Waals surface area contributed by atoms with Gasteiger partial charge in [0.25, 0.3) is 0 Å². The van der Waals surface area contributed by atoms with Gasteiger partial charge in [-0.05, 0) is 42.3 Å². The third kappa shape index (κ3) is 4.79. The summed E-state index contributed by atoms with van der Waals surface area (Å²) < 4.78 is 0. The Hall–Kier alpha value is -3.69. The molecule has 0 radical (unpaired) electrons. The van der Waals surface area contributed by atoms with E-state index < -0.39 is 0 Å². The summed E-state index contributed by atoms with van der Waals surface area (Å²) in [4.78, 5) is 33.7. The molecule has 0 atom stereocenters. The average Bonchev–Trinajstić information content (AvgIpc) is 3.12. The number of primary amides is 1. The van der Waals surface area contributed by atoms with Crippen LogP contribution in [0, 0.1) is 0 Å². The van der Waals surface area contributed by atoms with Crippen LogP contribution in [0.15, 0.2) is 54.9 Å². The number of nitrogen functional groups attached to an aromatic ring is 1. The normalized spacial score (nSPS) is 10.8. The first kappa shape index (κ1) is 21.5. The van der Waals surface area contributed by atoms with Crippen molar-refractivity contribution in [1.29, 1.82) is 0 Å². The second kappa shape index (κ2) is 9.21. The molecule has 0 aliphatic rings. The predicted octanol–water partition coefficient (Wildman–Crippen LogP) is 4.66. The summed E-state index contributed by atoms with van der Waals surface area (Å²) in [6, 6.07) is 13.8. The Morgan fingerprint density at radius 1 is 1.03 bits per heavy atom. The van der Waals surface area contributed by atoms with Crippen molar-refractivity contribution >= 4 is 62.3 Å². The minimum atomic E-state index is -0.388. The van der Waals surface area contributed by atoms with Crippen LogP contribution >= 0.6 is 22.9 Å². The van der Waals surface area contributed by atoms with Crippen LogP contribution < -0.4 is 22.1 Å². The highest BCUT2D eigenvalue weighted by atomic mass is 35.5. The fourth-order valence-electron chi connectivity index (χ4n) is 3.30. The number of hydrogen-bond acceptors (Lipinski definition) is 6. The van der Waals surface area contributed by atoms with E-state index in [2.05, 4.69) is 20.6 Å². The number of nitrogens with zero attached hydrogens (tertiary/aromatic N) is 2. The Morgan fingerprint density at radius 2 is 1.78 bits per heavy atom. The Kier molecular flexibility index (Phi) is 6.20. The SMILES string of the molecule is NC(=O)CCc1sc2ncnc(N)c2c1-c1ccc(NC(=O)Nc2cccc(Cl)c2)cc1. The maximum Gasteiger partial charge on any atom is 0.323 e. The van der Waals surface area contributed by atoms with Crippen molar-refractivity contribution in [2.45, 2.75) is 12.8 Å². The highest BCUT2D eigenvalue weighted by molar-refractivity contribution is 7.19. The number of halogens is 1. The van der Waals surface area contributed by atoms with Gasteiger partial charge in [0.15, 0.2) is 0 Å². The van der Waals surface area contributed by atoms with Crippen LogP contribution in [-0.4, -0.2) is 21.9 Å². The second-order valence-electron chi connectivity index (χ2n) is 6.97. The minimum absolute atomic E-state index is 0.219. The Morgan fingerprint density at radius 3 is 2.50 bits per heavy atom. The van der Waals surface area contributed by atoms with Crippen LogP contribution in [0.25, 0.3) is 21.3 Å². The average molecular weight is 467 g/mol. The molecule has 2 aromatic heterocycles. The molecule has 6 N–H and O–H groups in total. The number of fused-ring (bicyclic) bond motifs is 1. The molecule has 4 aromatic rings. The van der Waals surface area contributed by atoms with Gasteiger partial charge in [-0.1, -0.05) is 29.8 Å². The van der Waals surface area contributed by atoms with E-state index in [1.807, 2.05) is 12.1 Å². The highest BCUT2D eigenvalue weighted by Crippen LogP contribution is 2.40. The van der Waals surface area contributed by atoms with Crippen LogP contribution in [0.2, 0.25) is 5.02 Å². The van der Waals surface area contributed by atoms with Gasteiger partial charge in [-0.25, -0.2) is 14.8 Å². The summed E-state index contributed by atoms with van der Waals surface area (Å²) in [6.07, 6.45) is 2.12. The standard InChI is InChI=1S/C22H19ClN6O2S/c23-13-2-1-3-15(10-13)29-22(31)28-14-6-4-12(5-7-14)18-16(8-9-17(24)30)32-21-19(18)20(25)26-11-27-21/h1-7,10-11H,8-9H2,(H2,24,30)(H2,25,26,27)(H2,28,29,31). The number of carbonyl (C=O) groups excluding carboxylic acids is 2. The molecule has 0 saturated heterocycles. The summed E-state index contributed by atoms with van der Waals surface area (Å²) >= 11 is 7.41. The lowest BCUT2D eigenvalue weighted by Gasteiger charge is -2.10. The zero-order chi connectivity index (χ0) is 22.7. The predicted molar refractivity (Wildman–Crippen MR) is 129 cm³/mol. The summed E-state index contributed by atoms with van der Waals surface area (Å²) in [7, 11) is 0. The minimum Gasteiger partial charge on any atom is -0.383 e. The molecule has 0 fully saturated rings. The number of urea groups is 1. The van der Waals surface area contributed by atoms with Crippen molar-refractivity contribution < 1.29 is 9.59 Å². The molecule has 32 heavy (non-hydrogen) atoms. The van der Waals surface area contributed by atoms with Crippen LogP contribution in [-0.2, 0) is 11.2 Å². The van der Waals surface area contributed by atoms with Crippen LogP contribution in [0.5, 0.6) is 0 Å². The number of hydrogen-bond donors (Lipinski definition) is 4. The summed E-state index contributed by atoms with van der Waals surface area (Å²) in [5.41, 5.74) is 14.4. The number of aromatic nitrogens is 2. The number of amides is 3. The number of benzene rings is 2. The molecule has 8 nitrogen and oxygen atoms in total. The molecule has 2 heterocycles. The summed E-state index contributed by atoms with van der Waals surface area (Å²) in [5.74, 6) is -0.00703. The Balaban J connectivity index is 1.59. The molecule has 0 saturated carbocycles. The number of rotatable bonds is 6. The van der Waals surface area contributed by atoms with E-state index in [1.165, 1.54) is 17.7 Å². The summed E-state index contributed by atoms with van der Waals surface area (Å²) in [5, 5.41) is 6.80. The molecular formula is C22H19ClN6O2S. The van der Waals surface area contributed by atoms with Gasteiger partial charge in [0.2, 0.25) is 5.91 Å². The van der Waals surface area contributed by atoms with E-state index in [0.717, 1.165) is 26.2 Å². The van der Waals surface area contributed by atoms with Gasteiger partial charge in [-0.3, -0.25) is 4.79 Å². The fraction of sp³-hybridized carbons (Fsp3) is 0.0909. The maximum atomic E-state index is 12.3. The van der Waals surface area contributed by atoms with E-state index in [0.29, 0.717) is 28.6 Å². The van der Waals surface area contributed by atoms with Crippen molar-refractivity contribution in [3.05, 3.63) is 64.8 Å². The number of thiophene rings is 1.